The quantitative estimate of drug-likeness (QED) is 0.694. The molecule has 0 saturated heterocycles. The molecule has 112 valence electrons. The van der Waals surface area contributed by atoms with Gasteiger partial charge in [0.15, 0.2) is 0 Å². The zero-order valence-electron chi connectivity index (χ0n) is 13.4. The third kappa shape index (κ3) is 3.08. The summed E-state index contributed by atoms with van der Waals surface area (Å²) in [5.74, 6) is 2.54. The Morgan fingerprint density at radius 1 is 0.684 bits per heavy atom. The molecule has 0 heterocycles. The molecule has 0 aliphatic heterocycles. The minimum Gasteiger partial charge on any atom is -0.397 e. The van der Waals surface area contributed by atoms with Crippen molar-refractivity contribution in [3.63, 3.8) is 0 Å². The van der Waals surface area contributed by atoms with Crippen molar-refractivity contribution in [3.05, 3.63) is 0 Å². The molecule has 2 saturated carbocycles. The number of rotatable bonds is 4. The van der Waals surface area contributed by atoms with Crippen LogP contribution in [0.5, 0.6) is 0 Å². The van der Waals surface area contributed by atoms with Gasteiger partial charge in [-0.2, -0.15) is 0 Å². The van der Waals surface area contributed by atoms with Crippen LogP contribution in [-0.2, 0) is 8.85 Å². The van der Waals surface area contributed by atoms with Crippen molar-refractivity contribution in [2.24, 2.45) is 17.8 Å². The molecule has 2 rings (SSSR count). The van der Waals surface area contributed by atoms with Gasteiger partial charge in [0.1, 0.15) is 0 Å². The largest absolute Gasteiger partial charge is 0.397 e. The maximum Gasteiger partial charge on any atom is 0.344 e. The molecule has 3 heteroatoms. The van der Waals surface area contributed by atoms with E-state index in [-0.39, 0.29) is 0 Å². The highest BCUT2D eigenvalue weighted by atomic mass is 28.4. The summed E-state index contributed by atoms with van der Waals surface area (Å²) < 4.78 is 12.3. The lowest BCUT2D eigenvalue weighted by atomic mass is 9.83. The van der Waals surface area contributed by atoms with Crippen LogP contribution in [0.25, 0.3) is 0 Å². The van der Waals surface area contributed by atoms with Crippen molar-refractivity contribution >= 4 is 8.56 Å². The molecule has 0 bridgehead atoms. The molecule has 0 spiro atoms. The second-order valence-corrected chi connectivity index (χ2v) is 11.3. The summed E-state index contributed by atoms with van der Waals surface area (Å²) in [5, 5.41) is 0. The molecule has 0 amide bonds. The van der Waals surface area contributed by atoms with Crippen LogP contribution in [0, 0.1) is 17.8 Å². The van der Waals surface area contributed by atoms with Crippen LogP contribution in [0.1, 0.15) is 59.3 Å². The van der Waals surface area contributed by atoms with Gasteiger partial charge < -0.3 is 8.85 Å². The summed E-state index contributed by atoms with van der Waals surface area (Å²) in [5.41, 5.74) is 1.43. The maximum absolute atomic E-state index is 6.17. The maximum atomic E-state index is 6.17. The fourth-order valence-corrected chi connectivity index (χ4v) is 9.86. The smallest absolute Gasteiger partial charge is 0.344 e. The molecule has 4 unspecified atom stereocenters. The monoisotopic (exact) mass is 284 g/mol. The number of hydrogen-bond donors (Lipinski definition) is 0. The molecule has 19 heavy (non-hydrogen) atoms. The summed E-state index contributed by atoms with van der Waals surface area (Å²) in [6, 6.07) is 0. The lowest BCUT2D eigenvalue weighted by Gasteiger charge is -2.44. The highest BCUT2D eigenvalue weighted by Gasteiger charge is 2.54. The van der Waals surface area contributed by atoms with Crippen molar-refractivity contribution in [2.45, 2.75) is 70.4 Å². The van der Waals surface area contributed by atoms with E-state index >= 15 is 0 Å². The fourth-order valence-electron chi connectivity index (χ4n) is 4.93. The SMILES string of the molecule is CO[Si](OC)(C1CCC(C)C1)C1CC(C)CC(C)C1. The van der Waals surface area contributed by atoms with E-state index in [1.165, 1.54) is 38.5 Å². The Kier molecular flexibility index (Phi) is 5.13. The lowest BCUT2D eigenvalue weighted by molar-refractivity contribution is 0.180. The molecular formula is C16H32O2Si. The van der Waals surface area contributed by atoms with E-state index in [0.29, 0.717) is 5.54 Å². The van der Waals surface area contributed by atoms with Gasteiger partial charge in [-0.05, 0) is 49.9 Å². The van der Waals surface area contributed by atoms with E-state index in [2.05, 4.69) is 20.8 Å². The molecule has 2 fully saturated rings. The topological polar surface area (TPSA) is 18.5 Å². The van der Waals surface area contributed by atoms with Crippen LogP contribution >= 0.6 is 0 Å². The molecule has 0 aromatic carbocycles. The predicted octanol–water partition coefficient (Wildman–Crippen LogP) is 4.74. The summed E-state index contributed by atoms with van der Waals surface area (Å²) in [4.78, 5) is 0. The van der Waals surface area contributed by atoms with Gasteiger partial charge in [-0.25, -0.2) is 0 Å². The second-order valence-electron chi connectivity index (χ2n) is 7.36. The molecule has 2 aliphatic carbocycles. The Morgan fingerprint density at radius 2 is 1.21 bits per heavy atom. The van der Waals surface area contributed by atoms with Gasteiger partial charge in [0, 0.05) is 25.3 Å². The second kappa shape index (κ2) is 6.27. The van der Waals surface area contributed by atoms with E-state index < -0.39 is 8.56 Å². The Balaban J connectivity index is 2.18. The Morgan fingerprint density at radius 3 is 1.63 bits per heavy atom. The molecule has 0 aromatic rings. The third-order valence-corrected chi connectivity index (χ3v) is 10.2. The Hall–Kier alpha value is 0.137. The standard InChI is InChI=1S/C16H32O2Si/c1-12-6-7-15(9-12)19(17-4,18-5)16-10-13(2)8-14(3)11-16/h12-16H,6-11H2,1-5H3. The van der Waals surface area contributed by atoms with Gasteiger partial charge in [0.25, 0.3) is 0 Å². The van der Waals surface area contributed by atoms with Crippen LogP contribution < -0.4 is 0 Å². The zero-order chi connectivity index (χ0) is 14.0. The van der Waals surface area contributed by atoms with Gasteiger partial charge in [-0.15, -0.1) is 0 Å². The predicted molar refractivity (Wildman–Crippen MR) is 82.5 cm³/mol. The molecular weight excluding hydrogens is 252 g/mol. The lowest BCUT2D eigenvalue weighted by Crippen LogP contribution is -2.51. The average Bonchev–Trinajstić information content (AvgIpc) is 2.78. The van der Waals surface area contributed by atoms with E-state index in [1.54, 1.807) is 0 Å². The van der Waals surface area contributed by atoms with Crippen LogP contribution in [0.2, 0.25) is 11.1 Å². The zero-order valence-corrected chi connectivity index (χ0v) is 14.4. The van der Waals surface area contributed by atoms with E-state index in [4.69, 9.17) is 8.85 Å². The molecule has 0 N–H and O–H groups in total. The summed E-state index contributed by atoms with van der Waals surface area (Å²) in [6.07, 6.45) is 8.05. The van der Waals surface area contributed by atoms with E-state index in [0.717, 1.165) is 23.3 Å². The highest BCUT2D eigenvalue weighted by molar-refractivity contribution is 6.70. The van der Waals surface area contributed by atoms with Gasteiger partial charge in [0.05, 0.1) is 0 Å². The minimum atomic E-state index is -2.03. The molecule has 2 aliphatic rings. The van der Waals surface area contributed by atoms with Gasteiger partial charge in [-0.3, -0.25) is 0 Å². The minimum absolute atomic E-state index is 0.705. The van der Waals surface area contributed by atoms with Crippen LogP contribution in [-0.4, -0.2) is 22.8 Å². The summed E-state index contributed by atoms with van der Waals surface area (Å²) >= 11 is 0. The summed E-state index contributed by atoms with van der Waals surface area (Å²) in [6.45, 7) is 7.20. The van der Waals surface area contributed by atoms with Crippen molar-refractivity contribution < 1.29 is 8.85 Å². The Bertz CT molecular complexity index is 280. The van der Waals surface area contributed by atoms with Crippen LogP contribution in [0.4, 0.5) is 0 Å². The fraction of sp³-hybridized carbons (Fsp3) is 1.00. The average molecular weight is 285 g/mol. The first-order valence-corrected chi connectivity index (χ1v) is 10.1. The number of hydrogen-bond acceptors (Lipinski definition) is 2. The molecule has 4 atom stereocenters. The molecule has 2 nitrogen and oxygen atoms in total. The first-order chi connectivity index (χ1) is 9.01. The Labute approximate surface area is 120 Å². The van der Waals surface area contributed by atoms with Crippen molar-refractivity contribution in [1.29, 1.82) is 0 Å². The van der Waals surface area contributed by atoms with E-state index in [1.807, 2.05) is 14.2 Å². The first kappa shape index (κ1) is 15.5. The third-order valence-electron chi connectivity index (χ3n) is 5.65. The van der Waals surface area contributed by atoms with E-state index in [9.17, 15) is 0 Å². The van der Waals surface area contributed by atoms with Crippen LogP contribution in [0.3, 0.4) is 0 Å². The van der Waals surface area contributed by atoms with Crippen molar-refractivity contribution in [2.75, 3.05) is 14.2 Å². The van der Waals surface area contributed by atoms with Crippen molar-refractivity contribution in [1.82, 2.24) is 0 Å². The van der Waals surface area contributed by atoms with Crippen LogP contribution in [0.15, 0.2) is 0 Å². The normalized spacial score (nSPS) is 40.6. The highest BCUT2D eigenvalue weighted by Crippen LogP contribution is 2.52. The first-order valence-electron chi connectivity index (χ1n) is 8.12. The summed E-state index contributed by atoms with van der Waals surface area (Å²) in [7, 11) is 1.80. The molecule has 0 aromatic heterocycles. The molecule has 0 radical (unpaired) electrons. The van der Waals surface area contributed by atoms with Gasteiger partial charge >= 0.3 is 8.56 Å². The van der Waals surface area contributed by atoms with Gasteiger partial charge in [-0.1, -0.05) is 27.2 Å². The van der Waals surface area contributed by atoms with Crippen molar-refractivity contribution in [3.8, 4) is 0 Å². The van der Waals surface area contributed by atoms with Gasteiger partial charge in [0.2, 0.25) is 0 Å².